The summed E-state index contributed by atoms with van der Waals surface area (Å²) in [7, 11) is 0. The van der Waals surface area contributed by atoms with Gasteiger partial charge in [0.2, 0.25) is 0 Å². The molecule has 1 aromatic carbocycles. The van der Waals surface area contributed by atoms with Crippen molar-refractivity contribution in [2.45, 2.75) is 23.8 Å². The Hall–Kier alpha value is -0.510. The minimum absolute atomic E-state index is 0.258. The molecule has 2 atom stereocenters. The van der Waals surface area contributed by atoms with Crippen molar-refractivity contribution >= 4 is 11.8 Å². The van der Waals surface area contributed by atoms with Crippen molar-refractivity contribution in [1.29, 1.82) is 0 Å². The normalized spacial score (nSPS) is 23.0. The third kappa shape index (κ3) is 2.78. The minimum Gasteiger partial charge on any atom is -0.388 e. The van der Waals surface area contributed by atoms with E-state index in [0.29, 0.717) is 6.61 Å². The first-order chi connectivity index (χ1) is 7.81. The number of ether oxygens (including phenoxy) is 1. The first-order valence-corrected chi connectivity index (χ1v) is 6.93. The second-order valence-electron chi connectivity index (χ2n) is 4.20. The molecule has 1 fully saturated rings. The standard InChI is InChI=1S/C13H18O2S/c1-16-12-6-4-10(5-7-12)13(14)11-3-2-8-15-9-11/h4-7,11,13-14H,2-3,8-9H2,1H3. The van der Waals surface area contributed by atoms with Crippen LogP contribution >= 0.6 is 11.8 Å². The van der Waals surface area contributed by atoms with Crippen LogP contribution in [0.25, 0.3) is 0 Å². The number of thioether (sulfide) groups is 1. The van der Waals surface area contributed by atoms with E-state index in [4.69, 9.17) is 4.74 Å². The van der Waals surface area contributed by atoms with E-state index in [9.17, 15) is 5.11 Å². The fourth-order valence-electron chi connectivity index (χ4n) is 2.09. The molecule has 0 radical (unpaired) electrons. The zero-order valence-corrected chi connectivity index (χ0v) is 10.4. The molecule has 0 spiro atoms. The van der Waals surface area contributed by atoms with E-state index in [0.717, 1.165) is 25.0 Å². The van der Waals surface area contributed by atoms with Crippen LogP contribution in [-0.2, 0) is 4.74 Å². The van der Waals surface area contributed by atoms with Gasteiger partial charge in [-0.1, -0.05) is 12.1 Å². The van der Waals surface area contributed by atoms with E-state index in [1.54, 1.807) is 11.8 Å². The Bertz CT molecular complexity index is 317. The number of aliphatic hydroxyl groups is 1. The van der Waals surface area contributed by atoms with Gasteiger partial charge >= 0.3 is 0 Å². The van der Waals surface area contributed by atoms with Crippen LogP contribution in [-0.4, -0.2) is 24.6 Å². The Balaban J connectivity index is 2.04. The van der Waals surface area contributed by atoms with Gasteiger partial charge in [-0.25, -0.2) is 0 Å². The summed E-state index contributed by atoms with van der Waals surface area (Å²) in [4.78, 5) is 1.23. The zero-order valence-electron chi connectivity index (χ0n) is 9.56. The quantitative estimate of drug-likeness (QED) is 0.821. The maximum absolute atomic E-state index is 10.2. The molecule has 1 aliphatic rings. The summed E-state index contributed by atoms with van der Waals surface area (Å²) in [5.41, 5.74) is 1.01. The fourth-order valence-corrected chi connectivity index (χ4v) is 2.50. The lowest BCUT2D eigenvalue weighted by Crippen LogP contribution is -2.23. The van der Waals surface area contributed by atoms with E-state index < -0.39 is 0 Å². The Kier molecular flexibility index (Phi) is 4.27. The summed E-state index contributed by atoms with van der Waals surface area (Å²) in [5, 5.41) is 10.2. The van der Waals surface area contributed by atoms with Gasteiger partial charge < -0.3 is 9.84 Å². The second kappa shape index (κ2) is 5.71. The predicted octanol–water partition coefficient (Wildman–Crippen LogP) is 2.87. The van der Waals surface area contributed by atoms with Crippen LogP contribution in [0.3, 0.4) is 0 Å². The van der Waals surface area contributed by atoms with Crippen LogP contribution in [0.2, 0.25) is 0 Å². The van der Waals surface area contributed by atoms with Crippen molar-refractivity contribution in [2.24, 2.45) is 5.92 Å². The first kappa shape index (κ1) is 12.0. The predicted molar refractivity (Wildman–Crippen MR) is 66.7 cm³/mol. The van der Waals surface area contributed by atoms with Crippen molar-refractivity contribution in [3.8, 4) is 0 Å². The van der Waals surface area contributed by atoms with Crippen molar-refractivity contribution in [2.75, 3.05) is 19.5 Å². The lowest BCUT2D eigenvalue weighted by Gasteiger charge is -2.27. The maximum Gasteiger partial charge on any atom is 0.0840 e. The molecule has 2 nitrogen and oxygen atoms in total. The van der Waals surface area contributed by atoms with Crippen LogP contribution in [0.15, 0.2) is 29.2 Å². The molecule has 0 saturated carbocycles. The molecule has 3 heteroatoms. The van der Waals surface area contributed by atoms with Gasteiger partial charge in [-0.15, -0.1) is 11.8 Å². The lowest BCUT2D eigenvalue weighted by molar-refractivity contribution is -0.00998. The molecule has 0 aromatic heterocycles. The maximum atomic E-state index is 10.2. The van der Waals surface area contributed by atoms with Gasteiger partial charge in [0.1, 0.15) is 0 Å². The summed E-state index contributed by atoms with van der Waals surface area (Å²) in [6, 6.07) is 8.16. The molecule has 1 N–H and O–H groups in total. The van der Waals surface area contributed by atoms with Crippen molar-refractivity contribution in [3.05, 3.63) is 29.8 Å². The van der Waals surface area contributed by atoms with Gasteiger partial charge in [-0.05, 0) is 36.8 Å². The Labute approximate surface area is 101 Å². The Morgan fingerprint density at radius 1 is 1.38 bits per heavy atom. The van der Waals surface area contributed by atoms with Crippen LogP contribution in [0.1, 0.15) is 24.5 Å². The number of benzene rings is 1. The molecule has 1 aromatic rings. The topological polar surface area (TPSA) is 29.5 Å². The van der Waals surface area contributed by atoms with Gasteiger partial charge in [0, 0.05) is 17.4 Å². The third-order valence-electron chi connectivity index (χ3n) is 3.10. The molecule has 0 amide bonds. The highest BCUT2D eigenvalue weighted by atomic mass is 32.2. The average Bonchev–Trinajstić information content (AvgIpc) is 2.39. The summed E-state index contributed by atoms with van der Waals surface area (Å²) in [6.07, 6.45) is 3.80. The lowest BCUT2D eigenvalue weighted by atomic mass is 9.91. The van der Waals surface area contributed by atoms with Gasteiger partial charge in [-0.2, -0.15) is 0 Å². The van der Waals surface area contributed by atoms with Crippen LogP contribution in [0, 0.1) is 5.92 Å². The molecular weight excluding hydrogens is 220 g/mol. The molecular formula is C13H18O2S. The highest BCUT2D eigenvalue weighted by Gasteiger charge is 2.23. The molecule has 1 heterocycles. The van der Waals surface area contributed by atoms with Crippen molar-refractivity contribution in [3.63, 3.8) is 0 Å². The highest BCUT2D eigenvalue weighted by Crippen LogP contribution is 2.29. The Morgan fingerprint density at radius 3 is 2.69 bits per heavy atom. The first-order valence-electron chi connectivity index (χ1n) is 5.71. The van der Waals surface area contributed by atoms with Gasteiger partial charge in [0.25, 0.3) is 0 Å². The van der Waals surface area contributed by atoms with Crippen molar-refractivity contribution < 1.29 is 9.84 Å². The van der Waals surface area contributed by atoms with E-state index in [-0.39, 0.29) is 12.0 Å². The van der Waals surface area contributed by atoms with Gasteiger partial charge in [0.15, 0.2) is 0 Å². The molecule has 0 aliphatic carbocycles. The largest absolute Gasteiger partial charge is 0.388 e. The summed E-state index contributed by atoms with van der Waals surface area (Å²) < 4.78 is 5.41. The molecule has 1 saturated heterocycles. The van der Waals surface area contributed by atoms with Crippen LogP contribution < -0.4 is 0 Å². The molecule has 88 valence electrons. The van der Waals surface area contributed by atoms with Crippen LogP contribution in [0.5, 0.6) is 0 Å². The van der Waals surface area contributed by atoms with E-state index >= 15 is 0 Å². The van der Waals surface area contributed by atoms with E-state index in [1.807, 2.05) is 12.1 Å². The molecule has 2 rings (SSSR count). The Morgan fingerprint density at radius 2 is 2.12 bits per heavy atom. The number of hydrogen-bond acceptors (Lipinski definition) is 3. The zero-order chi connectivity index (χ0) is 11.4. The fraction of sp³-hybridized carbons (Fsp3) is 0.538. The van der Waals surface area contributed by atoms with E-state index in [1.165, 1.54) is 4.90 Å². The van der Waals surface area contributed by atoms with Crippen molar-refractivity contribution in [1.82, 2.24) is 0 Å². The summed E-state index contributed by atoms with van der Waals surface area (Å²) in [5.74, 6) is 0.258. The number of hydrogen-bond donors (Lipinski definition) is 1. The SMILES string of the molecule is CSc1ccc(C(O)C2CCCOC2)cc1. The second-order valence-corrected chi connectivity index (χ2v) is 5.07. The molecule has 2 unspecified atom stereocenters. The smallest absolute Gasteiger partial charge is 0.0840 e. The van der Waals surface area contributed by atoms with E-state index in [2.05, 4.69) is 18.4 Å². The highest BCUT2D eigenvalue weighted by molar-refractivity contribution is 7.98. The average molecular weight is 238 g/mol. The monoisotopic (exact) mass is 238 g/mol. The number of rotatable bonds is 3. The molecule has 0 bridgehead atoms. The molecule has 16 heavy (non-hydrogen) atoms. The van der Waals surface area contributed by atoms with Crippen LogP contribution in [0.4, 0.5) is 0 Å². The van der Waals surface area contributed by atoms with Gasteiger partial charge in [0.05, 0.1) is 12.7 Å². The summed E-state index contributed by atoms with van der Waals surface area (Å²) >= 11 is 1.72. The van der Waals surface area contributed by atoms with Gasteiger partial charge in [-0.3, -0.25) is 0 Å². The minimum atomic E-state index is -0.379. The third-order valence-corrected chi connectivity index (χ3v) is 3.84. The number of aliphatic hydroxyl groups excluding tert-OH is 1. The summed E-state index contributed by atoms with van der Waals surface area (Å²) in [6.45, 7) is 1.53. The molecule has 1 aliphatic heterocycles.